The number of carboxylic acids is 1. The number of carboxylic acid groups (broad SMARTS) is 1. The lowest BCUT2D eigenvalue weighted by Crippen LogP contribution is -1.99. The van der Waals surface area contributed by atoms with Gasteiger partial charge >= 0.3 is 5.97 Å². The molecule has 0 atom stereocenters. The number of ketones is 1. The van der Waals surface area contributed by atoms with Gasteiger partial charge in [-0.15, -0.1) is 0 Å². The van der Waals surface area contributed by atoms with Crippen LogP contribution < -0.4 is 0 Å². The van der Waals surface area contributed by atoms with Gasteiger partial charge < -0.3 is 5.11 Å². The fourth-order valence-corrected chi connectivity index (χ4v) is 0.276. The van der Waals surface area contributed by atoms with E-state index in [1.54, 1.807) is 0 Å². The summed E-state index contributed by atoms with van der Waals surface area (Å²) in [6.07, 6.45) is -0.446. The first-order valence-corrected chi connectivity index (χ1v) is 2.31. The van der Waals surface area contributed by atoms with Gasteiger partial charge in [-0.05, 0) is 0 Å². The Bertz CT molecular complexity index is 168. The number of carbonyl (C=O) groups excluding carboxylic acids is 1. The van der Waals surface area contributed by atoms with E-state index < -0.39 is 11.8 Å². The zero-order valence-electron chi connectivity index (χ0n) is 4.63. The first-order chi connectivity index (χ1) is 4.16. The molecule has 0 rings (SSSR count). The largest absolute Gasteiger partial charge is 0.481 e. The molecular weight excluding hydrogens is 122 g/mol. The molecule has 9 heavy (non-hydrogen) atoms. The van der Waals surface area contributed by atoms with Crippen LogP contribution in [0.1, 0.15) is 12.8 Å². The van der Waals surface area contributed by atoms with Crippen LogP contribution in [0, 0.1) is 11.3 Å². The monoisotopic (exact) mass is 127 g/mol. The second-order valence-corrected chi connectivity index (χ2v) is 1.43. The molecule has 0 aliphatic heterocycles. The molecule has 0 aromatic heterocycles. The average molecular weight is 127 g/mol. The molecule has 0 saturated heterocycles. The van der Waals surface area contributed by atoms with E-state index in [-0.39, 0.29) is 12.8 Å². The summed E-state index contributed by atoms with van der Waals surface area (Å²) in [5.41, 5.74) is 0. The van der Waals surface area contributed by atoms with E-state index in [1.807, 2.05) is 0 Å². The van der Waals surface area contributed by atoms with Gasteiger partial charge in [-0.3, -0.25) is 9.59 Å². The number of nitriles is 1. The summed E-state index contributed by atoms with van der Waals surface area (Å²) < 4.78 is 0. The lowest BCUT2D eigenvalue weighted by Gasteiger charge is -1.84. The van der Waals surface area contributed by atoms with E-state index in [9.17, 15) is 9.59 Å². The van der Waals surface area contributed by atoms with Crippen molar-refractivity contribution in [3.05, 3.63) is 0 Å². The van der Waals surface area contributed by atoms with Gasteiger partial charge in [-0.2, -0.15) is 5.26 Å². The predicted octanol–water partition coefficient (Wildman–Crippen LogP) is -0.0561. The molecule has 48 valence electrons. The zero-order chi connectivity index (χ0) is 7.28. The van der Waals surface area contributed by atoms with Crippen molar-refractivity contribution < 1.29 is 14.7 Å². The number of nitrogens with zero attached hydrogens (tertiary/aromatic N) is 1. The topological polar surface area (TPSA) is 78.2 Å². The first kappa shape index (κ1) is 7.63. The van der Waals surface area contributed by atoms with Crippen LogP contribution >= 0.6 is 0 Å². The van der Waals surface area contributed by atoms with E-state index in [1.165, 1.54) is 6.07 Å². The number of aliphatic carboxylic acids is 1. The number of rotatable bonds is 3. The van der Waals surface area contributed by atoms with Gasteiger partial charge in [0.05, 0.1) is 6.42 Å². The number of hydrogen-bond donors (Lipinski definition) is 1. The molecule has 0 saturated carbocycles. The summed E-state index contributed by atoms with van der Waals surface area (Å²) >= 11 is 0. The minimum absolute atomic E-state index is 0.189. The third-order valence-electron chi connectivity index (χ3n) is 0.691. The highest BCUT2D eigenvalue weighted by atomic mass is 16.4. The van der Waals surface area contributed by atoms with Gasteiger partial charge in [0.15, 0.2) is 0 Å². The van der Waals surface area contributed by atoms with Crippen LogP contribution in [-0.4, -0.2) is 16.9 Å². The van der Waals surface area contributed by atoms with E-state index in [0.717, 1.165) is 0 Å². The van der Waals surface area contributed by atoms with Crippen molar-refractivity contribution in [1.29, 1.82) is 5.26 Å². The summed E-state index contributed by atoms with van der Waals surface area (Å²) in [7, 11) is 0. The highest BCUT2D eigenvalue weighted by Gasteiger charge is 2.02. The van der Waals surface area contributed by atoms with Crippen LogP contribution in [0.2, 0.25) is 0 Å². The van der Waals surface area contributed by atoms with E-state index >= 15 is 0 Å². The van der Waals surface area contributed by atoms with Gasteiger partial charge in [0.25, 0.3) is 0 Å². The van der Waals surface area contributed by atoms with E-state index in [0.29, 0.717) is 0 Å². The maximum atomic E-state index is 10.1. The van der Waals surface area contributed by atoms with Gasteiger partial charge in [-0.1, -0.05) is 0 Å². The Morgan fingerprint density at radius 2 is 2.00 bits per heavy atom. The smallest absolute Gasteiger partial charge is 0.303 e. The number of carbonyl (C=O) groups is 2. The van der Waals surface area contributed by atoms with Crippen molar-refractivity contribution >= 4 is 11.8 Å². The summed E-state index contributed by atoms with van der Waals surface area (Å²) in [6, 6.07) is 1.32. The van der Waals surface area contributed by atoms with E-state index in [2.05, 4.69) is 0 Å². The molecule has 0 aromatic rings. The standard InChI is InChI=1S/C5H5NO3/c6-3-4(7)1-2-5(8)9/h1-2H2,(H,8,9). The SMILES string of the molecule is N#CC(=O)CCC(=O)O. The van der Waals surface area contributed by atoms with Gasteiger partial charge in [0.1, 0.15) is 6.07 Å². The van der Waals surface area contributed by atoms with Crippen molar-refractivity contribution in [3.63, 3.8) is 0 Å². The zero-order valence-corrected chi connectivity index (χ0v) is 4.63. The Balaban J connectivity index is 3.43. The Labute approximate surface area is 51.7 Å². The fourth-order valence-electron chi connectivity index (χ4n) is 0.276. The fraction of sp³-hybridized carbons (Fsp3) is 0.400. The number of Topliss-reactive ketones (excluding diaryl/α,β-unsaturated/α-hetero) is 1. The quantitative estimate of drug-likeness (QED) is 0.539. The number of hydrogen-bond acceptors (Lipinski definition) is 3. The molecule has 0 spiro atoms. The van der Waals surface area contributed by atoms with Gasteiger partial charge in [0.2, 0.25) is 5.78 Å². The van der Waals surface area contributed by atoms with Crippen LogP contribution in [0.25, 0.3) is 0 Å². The predicted molar refractivity (Wildman–Crippen MR) is 27.5 cm³/mol. The maximum Gasteiger partial charge on any atom is 0.303 e. The average Bonchev–Trinajstić information content (AvgIpc) is 1.83. The Hall–Kier alpha value is -1.37. The third-order valence-corrected chi connectivity index (χ3v) is 0.691. The Kier molecular flexibility index (Phi) is 3.06. The van der Waals surface area contributed by atoms with Crippen molar-refractivity contribution in [1.82, 2.24) is 0 Å². The second kappa shape index (κ2) is 3.61. The molecule has 0 aliphatic carbocycles. The van der Waals surface area contributed by atoms with Crippen LogP contribution in [0.5, 0.6) is 0 Å². The van der Waals surface area contributed by atoms with E-state index in [4.69, 9.17) is 10.4 Å². The highest BCUT2D eigenvalue weighted by Crippen LogP contribution is 1.88. The summed E-state index contributed by atoms with van der Waals surface area (Å²) in [5.74, 6) is -1.74. The third kappa shape index (κ3) is 4.48. The van der Waals surface area contributed by atoms with Crippen molar-refractivity contribution in [2.45, 2.75) is 12.8 Å². The molecule has 1 N–H and O–H groups in total. The summed E-state index contributed by atoms with van der Waals surface area (Å²) in [5, 5.41) is 15.9. The van der Waals surface area contributed by atoms with Crippen LogP contribution in [-0.2, 0) is 9.59 Å². The lowest BCUT2D eigenvalue weighted by molar-refractivity contribution is -0.138. The second-order valence-electron chi connectivity index (χ2n) is 1.43. The molecule has 0 aromatic carbocycles. The minimum Gasteiger partial charge on any atom is -0.481 e. The van der Waals surface area contributed by atoms with Gasteiger partial charge in [-0.25, -0.2) is 0 Å². The molecule has 0 bridgehead atoms. The molecule has 0 amide bonds. The lowest BCUT2D eigenvalue weighted by atomic mass is 10.2. The van der Waals surface area contributed by atoms with Crippen LogP contribution in [0.3, 0.4) is 0 Å². The molecule has 0 radical (unpaired) electrons. The molecule has 0 heterocycles. The van der Waals surface area contributed by atoms with Crippen molar-refractivity contribution in [2.75, 3.05) is 0 Å². The van der Waals surface area contributed by atoms with Crippen LogP contribution in [0.15, 0.2) is 0 Å². The van der Waals surface area contributed by atoms with Gasteiger partial charge in [0, 0.05) is 6.42 Å². The molecule has 0 aliphatic rings. The molecule has 4 heteroatoms. The normalized spacial score (nSPS) is 7.89. The molecule has 4 nitrogen and oxygen atoms in total. The highest BCUT2D eigenvalue weighted by molar-refractivity contribution is 5.94. The minimum atomic E-state index is -1.06. The van der Waals surface area contributed by atoms with Crippen molar-refractivity contribution in [2.24, 2.45) is 0 Å². The Morgan fingerprint density at radius 3 is 2.33 bits per heavy atom. The molecule has 0 unspecified atom stereocenters. The summed E-state index contributed by atoms with van der Waals surface area (Å²) in [6.45, 7) is 0. The summed E-state index contributed by atoms with van der Waals surface area (Å²) in [4.78, 5) is 19.8. The van der Waals surface area contributed by atoms with Crippen LogP contribution in [0.4, 0.5) is 0 Å². The molecular formula is C5H5NO3. The molecule has 0 fully saturated rings. The van der Waals surface area contributed by atoms with Crippen molar-refractivity contribution in [3.8, 4) is 6.07 Å². The maximum absolute atomic E-state index is 10.1. The Morgan fingerprint density at radius 1 is 1.44 bits per heavy atom. The first-order valence-electron chi connectivity index (χ1n) is 2.31.